The maximum absolute atomic E-state index is 14.6. The molecule has 0 spiro atoms. The lowest BCUT2D eigenvalue weighted by Gasteiger charge is -2.37. The number of hydrogen-bond acceptors (Lipinski definition) is 4. The maximum Gasteiger partial charge on any atom is 0.222 e. The van der Waals surface area contributed by atoms with Crippen LogP contribution in [-0.4, -0.2) is 47.0 Å². The van der Waals surface area contributed by atoms with Gasteiger partial charge >= 0.3 is 0 Å². The van der Waals surface area contributed by atoms with E-state index in [0.717, 1.165) is 29.3 Å². The monoisotopic (exact) mass is 460 g/mol. The highest BCUT2D eigenvalue weighted by Gasteiger charge is 2.26. The molecule has 0 aliphatic carbocycles. The molecule has 2 aromatic rings. The molecule has 0 unspecified atom stereocenters. The van der Waals surface area contributed by atoms with Gasteiger partial charge in [-0.25, -0.2) is 14.4 Å². The molecular formula is C25H34ClFN4O. The molecule has 174 valence electrons. The first-order valence-corrected chi connectivity index (χ1v) is 11.9. The summed E-state index contributed by atoms with van der Waals surface area (Å²) >= 11 is 6.33. The van der Waals surface area contributed by atoms with E-state index < -0.39 is 0 Å². The third-order valence-corrected chi connectivity index (χ3v) is 6.55. The molecule has 0 bridgehead atoms. The fraction of sp³-hybridized carbons (Fsp3) is 0.560. The fourth-order valence-corrected chi connectivity index (χ4v) is 4.23. The Morgan fingerprint density at radius 2 is 1.81 bits per heavy atom. The Bertz CT molecular complexity index is 937. The van der Waals surface area contributed by atoms with Gasteiger partial charge in [0.05, 0.1) is 0 Å². The average Bonchev–Trinajstić information content (AvgIpc) is 2.76. The number of piperazine rings is 1. The molecule has 1 aliphatic rings. The summed E-state index contributed by atoms with van der Waals surface area (Å²) in [6.07, 6.45) is 1.84. The molecule has 1 aliphatic heterocycles. The van der Waals surface area contributed by atoms with Gasteiger partial charge in [-0.3, -0.25) is 4.79 Å². The summed E-state index contributed by atoms with van der Waals surface area (Å²) < 4.78 is 14.6. The van der Waals surface area contributed by atoms with Gasteiger partial charge in [0.15, 0.2) is 0 Å². The Labute approximate surface area is 196 Å². The van der Waals surface area contributed by atoms with Crippen LogP contribution in [0.1, 0.15) is 69.1 Å². The van der Waals surface area contributed by atoms with Crippen LogP contribution in [0.3, 0.4) is 0 Å². The number of hydrogen-bond donors (Lipinski definition) is 0. The topological polar surface area (TPSA) is 49.3 Å². The molecular weight excluding hydrogens is 427 g/mol. The van der Waals surface area contributed by atoms with Crippen molar-refractivity contribution in [1.29, 1.82) is 0 Å². The van der Waals surface area contributed by atoms with Crippen LogP contribution in [0.15, 0.2) is 18.2 Å². The van der Waals surface area contributed by atoms with Crippen molar-refractivity contribution in [2.75, 3.05) is 31.1 Å². The lowest BCUT2D eigenvalue weighted by atomic mass is 10.0. The van der Waals surface area contributed by atoms with E-state index in [0.29, 0.717) is 55.5 Å². The van der Waals surface area contributed by atoms with Gasteiger partial charge < -0.3 is 9.80 Å². The Kier molecular flexibility index (Phi) is 8.10. The number of amides is 1. The number of halogens is 2. The second-order valence-electron chi connectivity index (χ2n) is 9.12. The molecule has 1 saturated heterocycles. The van der Waals surface area contributed by atoms with Gasteiger partial charge in [0.2, 0.25) is 5.91 Å². The zero-order chi connectivity index (χ0) is 23.4. The van der Waals surface area contributed by atoms with Crippen molar-refractivity contribution in [2.24, 2.45) is 5.92 Å². The number of aromatic nitrogens is 2. The van der Waals surface area contributed by atoms with Crippen LogP contribution in [-0.2, 0) is 11.2 Å². The molecule has 0 radical (unpaired) electrons. The van der Waals surface area contributed by atoms with E-state index in [4.69, 9.17) is 21.6 Å². The predicted octanol–water partition coefficient (Wildman–Crippen LogP) is 5.38. The van der Waals surface area contributed by atoms with E-state index in [-0.39, 0.29) is 17.6 Å². The number of rotatable bonds is 7. The molecule has 32 heavy (non-hydrogen) atoms. The van der Waals surface area contributed by atoms with Crippen molar-refractivity contribution in [2.45, 2.75) is 59.8 Å². The second kappa shape index (κ2) is 10.6. The minimum Gasteiger partial charge on any atom is -0.353 e. The lowest BCUT2D eigenvalue weighted by Crippen LogP contribution is -2.49. The molecule has 2 heterocycles. The quantitative estimate of drug-likeness (QED) is 0.556. The minimum absolute atomic E-state index is 0.206. The number of anilines is 1. The molecule has 0 N–H and O–H groups in total. The van der Waals surface area contributed by atoms with E-state index in [1.165, 1.54) is 6.07 Å². The largest absolute Gasteiger partial charge is 0.353 e. The van der Waals surface area contributed by atoms with Crippen molar-refractivity contribution >= 4 is 23.3 Å². The second-order valence-corrected chi connectivity index (χ2v) is 9.53. The lowest BCUT2D eigenvalue weighted by molar-refractivity contribution is -0.132. The number of carbonyl (C=O) groups is 1. The van der Waals surface area contributed by atoms with Crippen LogP contribution < -0.4 is 4.90 Å². The Hall–Kier alpha value is -2.21. The molecule has 1 aromatic carbocycles. The van der Waals surface area contributed by atoms with Crippen LogP contribution in [0.2, 0.25) is 5.02 Å². The summed E-state index contributed by atoms with van der Waals surface area (Å²) in [5.74, 6) is 2.10. The summed E-state index contributed by atoms with van der Waals surface area (Å²) in [5, 5.41) is 0.408. The normalized spacial score (nSPS) is 15.4. The molecule has 1 aromatic heterocycles. The van der Waals surface area contributed by atoms with E-state index in [1.807, 2.05) is 11.8 Å². The highest BCUT2D eigenvalue weighted by atomic mass is 35.5. The predicted molar refractivity (Wildman–Crippen MR) is 128 cm³/mol. The van der Waals surface area contributed by atoms with Gasteiger partial charge in [-0.1, -0.05) is 45.4 Å². The molecule has 7 heteroatoms. The number of carbonyl (C=O) groups excluding carboxylic acids is 1. The van der Waals surface area contributed by atoms with E-state index in [1.54, 1.807) is 12.1 Å². The van der Waals surface area contributed by atoms with Gasteiger partial charge in [0.1, 0.15) is 17.5 Å². The number of aryl methyl sites for hydroxylation is 1. The zero-order valence-corrected chi connectivity index (χ0v) is 20.5. The minimum atomic E-state index is -0.321. The fourth-order valence-electron chi connectivity index (χ4n) is 4.00. The summed E-state index contributed by atoms with van der Waals surface area (Å²) in [6.45, 7) is 13.0. The van der Waals surface area contributed by atoms with Crippen LogP contribution in [0.5, 0.6) is 0 Å². The van der Waals surface area contributed by atoms with Gasteiger partial charge in [0.25, 0.3) is 0 Å². The molecule has 0 saturated carbocycles. The number of benzene rings is 1. The van der Waals surface area contributed by atoms with E-state index in [9.17, 15) is 9.18 Å². The Balaban J connectivity index is 1.93. The first kappa shape index (κ1) is 24.4. The standard InChI is InChI=1S/C25H34ClFN4O/c1-6-17(4)24-28-18(5)19(15-20-21(26)8-7-9-22(20)27)25(29-24)31-12-10-30(11-13-31)23(32)14-16(2)3/h7-9,16-17H,6,10-15H2,1-5H3/t17-/m1/s1. The van der Waals surface area contributed by atoms with Crippen molar-refractivity contribution in [3.63, 3.8) is 0 Å². The third kappa shape index (κ3) is 5.58. The van der Waals surface area contributed by atoms with Crippen molar-refractivity contribution in [3.8, 4) is 0 Å². The summed E-state index contributed by atoms with van der Waals surface area (Å²) in [7, 11) is 0. The smallest absolute Gasteiger partial charge is 0.222 e. The summed E-state index contributed by atoms with van der Waals surface area (Å²) in [4.78, 5) is 26.4. The highest BCUT2D eigenvalue weighted by molar-refractivity contribution is 6.31. The summed E-state index contributed by atoms with van der Waals surface area (Å²) in [6, 6.07) is 4.76. The maximum atomic E-state index is 14.6. The number of nitrogens with zero attached hydrogens (tertiary/aromatic N) is 4. The van der Waals surface area contributed by atoms with Crippen molar-refractivity contribution in [1.82, 2.24) is 14.9 Å². The van der Waals surface area contributed by atoms with Gasteiger partial charge in [-0.2, -0.15) is 0 Å². The molecule has 1 atom stereocenters. The Morgan fingerprint density at radius 3 is 2.41 bits per heavy atom. The first-order valence-electron chi connectivity index (χ1n) is 11.5. The van der Waals surface area contributed by atoms with Crippen LogP contribution in [0.4, 0.5) is 10.2 Å². The summed E-state index contributed by atoms with van der Waals surface area (Å²) in [5.41, 5.74) is 2.21. The van der Waals surface area contributed by atoms with Gasteiger partial charge in [0, 0.05) is 66.8 Å². The van der Waals surface area contributed by atoms with Gasteiger partial charge in [-0.05, 0) is 31.4 Å². The highest BCUT2D eigenvalue weighted by Crippen LogP contribution is 2.30. The van der Waals surface area contributed by atoms with Crippen LogP contribution in [0.25, 0.3) is 0 Å². The van der Waals surface area contributed by atoms with E-state index >= 15 is 0 Å². The first-order chi connectivity index (χ1) is 15.2. The van der Waals surface area contributed by atoms with Gasteiger partial charge in [-0.15, -0.1) is 0 Å². The van der Waals surface area contributed by atoms with Crippen LogP contribution >= 0.6 is 11.6 Å². The zero-order valence-electron chi connectivity index (χ0n) is 19.8. The van der Waals surface area contributed by atoms with Crippen molar-refractivity contribution in [3.05, 3.63) is 51.7 Å². The molecule has 1 fully saturated rings. The molecule has 1 amide bonds. The van der Waals surface area contributed by atoms with Crippen LogP contribution in [0, 0.1) is 18.7 Å². The van der Waals surface area contributed by atoms with Crippen molar-refractivity contribution < 1.29 is 9.18 Å². The average molecular weight is 461 g/mol. The molecule has 3 rings (SSSR count). The molecule has 5 nitrogen and oxygen atoms in total. The third-order valence-electron chi connectivity index (χ3n) is 6.19. The Morgan fingerprint density at radius 1 is 1.12 bits per heavy atom. The SMILES string of the molecule is CC[C@@H](C)c1nc(C)c(Cc2c(F)cccc2Cl)c(N2CCN(C(=O)CC(C)C)CC2)n1. The van der Waals surface area contributed by atoms with E-state index in [2.05, 4.69) is 32.6 Å².